The molecule has 0 amide bonds. The van der Waals surface area contributed by atoms with Crippen molar-refractivity contribution in [2.45, 2.75) is 104 Å². The molecule has 5 aliphatic rings. The molecule has 0 spiro atoms. The zero-order valence-corrected chi connectivity index (χ0v) is 19.7. The van der Waals surface area contributed by atoms with E-state index in [4.69, 9.17) is 0 Å². The van der Waals surface area contributed by atoms with Crippen molar-refractivity contribution in [3.8, 4) is 0 Å². The van der Waals surface area contributed by atoms with Crippen LogP contribution in [-0.4, -0.2) is 35.0 Å². The summed E-state index contributed by atoms with van der Waals surface area (Å²) in [6.07, 6.45) is 12.6. The number of piperidine rings is 1. The van der Waals surface area contributed by atoms with E-state index < -0.39 is 0 Å². The second-order valence-electron chi connectivity index (χ2n) is 12.6. The molecule has 0 aromatic heterocycles. The summed E-state index contributed by atoms with van der Waals surface area (Å²) in [5.41, 5.74) is 2.12. The van der Waals surface area contributed by atoms with Crippen molar-refractivity contribution < 1.29 is 10.2 Å². The molecule has 0 aromatic carbocycles. The predicted molar refractivity (Wildman–Crippen MR) is 122 cm³/mol. The van der Waals surface area contributed by atoms with Crippen molar-refractivity contribution in [2.24, 2.45) is 46.3 Å². The first-order valence-corrected chi connectivity index (χ1v) is 13.0. The van der Waals surface area contributed by atoms with Crippen LogP contribution in [0.15, 0.2) is 11.6 Å². The first kappa shape index (κ1) is 21.5. The Morgan fingerprint density at radius 1 is 1.07 bits per heavy atom. The summed E-state index contributed by atoms with van der Waals surface area (Å²) in [6.45, 7) is 11.0. The standard InChI is InChI=1S/C27H45NO2/c1-16-5-8-23(28-15-16)17(2)25-24(30)14-22-20-7-6-18-13-19(29)9-11-26(18,3)21(20)10-12-27(22,25)4/h6,16-17,19-25,28-30H,5,7-15H2,1-4H3/t16-,17?,19+,20-,21+,22+,23-,24+,25?,26+,27+/m1/s1. The summed E-state index contributed by atoms with van der Waals surface area (Å²) in [6, 6.07) is 0.573. The molecule has 1 heterocycles. The summed E-state index contributed by atoms with van der Waals surface area (Å²) in [7, 11) is 0. The molecule has 3 heteroatoms. The van der Waals surface area contributed by atoms with Crippen molar-refractivity contribution in [1.29, 1.82) is 0 Å². The van der Waals surface area contributed by atoms with Crippen LogP contribution in [0.5, 0.6) is 0 Å². The van der Waals surface area contributed by atoms with Gasteiger partial charge in [0.15, 0.2) is 0 Å². The highest BCUT2D eigenvalue weighted by Crippen LogP contribution is 2.67. The second-order valence-corrected chi connectivity index (χ2v) is 12.6. The Labute approximate surface area is 184 Å². The molecule has 2 unspecified atom stereocenters. The van der Waals surface area contributed by atoms with Crippen LogP contribution in [0.1, 0.15) is 85.5 Å². The molecular formula is C27H45NO2. The zero-order chi connectivity index (χ0) is 21.3. The van der Waals surface area contributed by atoms with Gasteiger partial charge in [-0.05, 0) is 111 Å². The van der Waals surface area contributed by atoms with Gasteiger partial charge < -0.3 is 15.5 Å². The average Bonchev–Trinajstić information content (AvgIpc) is 2.98. The van der Waals surface area contributed by atoms with Gasteiger partial charge in [-0.15, -0.1) is 0 Å². The van der Waals surface area contributed by atoms with Crippen molar-refractivity contribution in [1.82, 2.24) is 5.32 Å². The van der Waals surface area contributed by atoms with E-state index in [0.29, 0.717) is 29.2 Å². The van der Waals surface area contributed by atoms with Gasteiger partial charge in [0, 0.05) is 6.04 Å². The molecule has 30 heavy (non-hydrogen) atoms. The smallest absolute Gasteiger partial charge is 0.0579 e. The highest BCUT2D eigenvalue weighted by molar-refractivity contribution is 5.25. The lowest BCUT2D eigenvalue weighted by Crippen LogP contribution is -2.53. The van der Waals surface area contributed by atoms with Gasteiger partial charge in [-0.3, -0.25) is 0 Å². The normalized spacial score (nSPS) is 54.5. The Balaban J connectivity index is 1.39. The first-order chi connectivity index (χ1) is 14.2. The third-order valence-electron chi connectivity index (χ3n) is 11.1. The molecule has 11 atom stereocenters. The molecule has 1 saturated heterocycles. The number of hydrogen-bond acceptors (Lipinski definition) is 3. The van der Waals surface area contributed by atoms with Crippen LogP contribution in [0.4, 0.5) is 0 Å². The summed E-state index contributed by atoms with van der Waals surface area (Å²) < 4.78 is 0. The Hall–Kier alpha value is -0.380. The third kappa shape index (κ3) is 3.17. The van der Waals surface area contributed by atoms with Crippen LogP contribution in [0.3, 0.4) is 0 Å². The van der Waals surface area contributed by atoms with Crippen molar-refractivity contribution in [3.05, 3.63) is 11.6 Å². The van der Waals surface area contributed by atoms with E-state index in [1.807, 2.05) is 0 Å². The van der Waals surface area contributed by atoms with Crippen molar-refractivity contribution in [3.63, 3.8) is 0 Å². The van der Waals surface area contributed by atoms with Crippen molar-refractivity contribution in [2.75, 3.05) is 6.54 Å². The molecule has 0 bridgehead atoms. The molecule has 3 saturated carbocycles. The monoisotopic (exact) mass is 415 g/mol. The lowest BCUT2D eigenvalue weighted by atomic mass is 9.47. The topological polar surface area (TPSA) is 52.5 Å². The van der Waals surface area contributed by atoms with Gasteiger partial charge in [0.05, 0.1) is 12.2 Å². The molecule has 0 radical (unpaired) electrons. The Morgan fingerprint density at radius 3 is 2.60 bits per heavy atom. The van der Waals surface area contributed by atoms with E-state index >= 15 is 0 Å². The van der Waals surface area contributed by atoms with Gasteiger partial charge in [0.25, 0.3) is 0 Å². The molecule has 3 N–H and O–H groups in total. The maximum atomic E-state index is 11.4. The lowest BCUT2D eigenvalue weighted by molar-refractivity contribution is -0.0655. The molecule has 0 aromatic rings. The van der Waals surface area contributed by atoms with E-state index in [9.17, 15) is 10.2 Å². The highest BCUT2D eigenvalue weighted by atomic mass is 16.3. The molecule has 4 fully saturated rings. The van der Waals surface area contributed by atoms with Gasteiger partial charge >= 0.3 is 0 Å². The van der Waals surface area contributed by atoms with Crippen LogP contribution < -0.4 is 5.32 Å². The van der Waals surface area contributed by atoms with E-state index in [1.54, 1.807) is 5.57 Å². The summed E-state index contributed by atoms with van der Waals surface area (Å²) in [5.74, 6) is 3.90. The third-order valence-corrected chi connectivity index (χ3v) is 11.1. The number of rotatable bonds is 2. The number of aliphatic hydroxyl groups is 2. The second kappa shape index (κ2) is 7.59. The summed E-state index contributed by atoms with van der Waals surface area (Å²) in [5, 5.41) is 25.5. The number of nitrogens with one attached hydrogen (secondary N) is 1. The minimum absolute atomic E-state index is 0.126. The molecule has 170 valence electrons. The number of hydrogen-bond donors (Lipinski definition) is 3. The molecule has 4 aliphatic carbocycles. The molecule has 5 rings (SSSR count). The summed E-state index contributed by atoms with van der Waals surface area (Å²) in [4.78, 5) is 0. The van der Waals surface area contributed by atoms with Crippen LogP contribution in [0, 0.1) is 46.3 Å². The molecule has 3 nitrogen and oxygen atoms in total. The van der Waals surface area contributed by atoms with E-state index in [-0.39, 0.29) is 17.6 Å². The fourth-order valence-corrected chi connectivity index (χ4v) is 9.36. The number of aliphatic hydroxyl groups excluding tert-OH is 2. The minimum Gasteiger partial charge on any atom is -0.393 e. The molecule has 1 aliphatic heterocycles. The van der Waals surface area contributed by atoms with Crippen LogP contribution >= 0.6 is 0 Å². The fraction of sp³-hybridized carbons (Fsp3) is 0.926. The SMILES string of the molecule is CC(C1[C@@H](O)C[C@H]2[C@@H]3CC=C4C[C@@H](O)CC[C@]4(C)[C@H]3CC[C@]12C)[C@H]1CC[C@@H](C)CN1. The Kier molecular flexibility index (Phi) is 5.43. The maximum Gasteiger partial charge on any atom is 0.0579 e. The number of fused-ring (bicyclic) bond motifs is 5. The fourth-order valence-electron chi connectivity index (χ4n) is 9.36. The molecular weight excluding hydrogens is 370 g/mol. The Morgan fingerprint density at radius 2 is 1.87 bits per heavy atom. The highest BCUT2D eigenvalue weighted by Gasteiger charge is 2.62. The van der Waals surface area contributed by atoms with Gasteiger partial charge in [-0.2, -0.15) is 0 Å². The summed E-state index contributed by atoms with van der Waals surface area (Å²) >= 11 is 0. The van der Waals surface area contributed by atoms with Gasteiger partial charge in [-0.25, -0.2) is 0 Å². The Bertz CT molecular complexity index is 682. The maximum absolute atomic E-state index is 11.4. The largest absolute Gasteiger partial charge is 0.393 e. The average molecular weight is 416 g/mol. The van der Waals surface area contributed by atoms with Crippen molar-refractivity contribution >= 4 is 0 Å². The van der Waals surface area contributed by atoms with E-state index in [2.05, 4.69) is 39.1 Å². The first-order valence-electron chi connectivity index (χ1n) is 13.0. The lowest BCUT2D eigenvalue weighted by Gasteiger charge is -2.58. The minimum atomic E-state index is -0.138. The number of allylic oxidation sites excluding steroid dienone is 1. The van der Waals surface area contributed by atoms with Gasteiger partial charge in [0.2, 0.25) is 0 Å². The van der Waals surface area contributed by atoms with Gasteiger partial charge in [-0.1, -0.05) is 39.3 Å². The van der Waals surface area contributed by atoms with Crippen LogP contribution in [0.25, 0.3) is 0 Å². The quantitative estimate of drug-likeness (QED) is 0.561. The van der Waals surface area contributed by atoms with Gasteiger partial charge in [0.1, 0.15) is 0 Å². The predicted octanol–water partition coefficient (Wildman–Crippen LogP) is 4.92. The van der Waals surface area contributed by atoms with E-state index in [1.165, 1.54) is 32.1 Å². The van der Waals surface area contributed by atoms with Crippen LogP contribution in [0.2, 0.25) is 0 Å². The van der Waals surface area contributed by atoms with E-state index in [0.717, 1.165) is 50.0 Å². The zero-order valence-electron chi connectivity index (χ0n) is 19.7. The van der Waals surface area contributed by atoms with Crippen LogP contribution in [-0.2, 0) is 0 Å².